The third kappa shape index (κ3) is 1.91. The van der Waals surface area contributed by atoms with Crippen LogP contribution in [0.2, 0.25) is 0 Å². The Hall–Kier alpha value is -1.81. The van der Waals surface area contributed by atoms with Crippen LogP contribution in [0.25, 0.3) is 22.2 Å². The van der Waals surface area contributed by atoms with E-state index in [-0.39, 0.29) is 0 Å². The van der Waals surface area contributed by atoms with Crippen molar-refractivity contribution in [2.75, 3.05) is 0 Å². The maximum Gasteiger partial charge on any atom is 0.102 e. The van der Waals surface area contributed by atoms with Crippen molar-refractivity contribution in [3.05, 3.63) is 53.3 Å². The van der Waals surface area contributed by atoms with Gasteiger partial charge < -0.3 is 0 Å². The second kappa shape index (κ2) is 4.22. The molecule has 0 saturated heterocycles. The van der Waals surface area contributed by atoms with Crippen molar-refractivity contribution >= 4 is 26.8 Å². The molecule has 0 N–H and O–H groups in total. The monoisotopic (exact) mass is 285 g/mol. The number of fused-ring (bicyclic) bond motifs is 1. The molecule has 4 heteroatoms. The summed E-state index contributed by atoms with van der Waals surface area (Å²) in [7, 11) is 0. The summed E-state index contributed by atoms with van der Waals surface area (Å²) in [6, 6.07) is 11.9. The van der Waals surface area contributed by atoms with E-state index in [0.29, 0.717) is 0 Å². The third-order valence-electron chi connectivity index (χ3n) is 2.53. The molecule has 82 valence electrons. The molecular formula is C13H8BrN3. The highest BCUT2D eigenvalue weighted by Gasteiger charge is 2.06. The van der Waals surface area contributed by atoms with E-state index >= 15 is 0 Å². The van der Waals surface area contributed by atoms with Crippen molar-refractivity contribution in [3.8, 4) is 11.3 Å². The van der Waals surface area contributed by atoms with Gasteiger partial charge in [-0.15, -0.1) is 5.10 Å². The lowest BCUT2D eigenvalue weighted by atomic mass is 10.1. The highest BCUT2D eigenvalue weighted by Crippen LogP contribution is 2.26. The van der Waals surface area contributed by atoms with Crippen LogP contribution in [0.1, 0.15) is 0 Å². The van der Waals surface area contributed by atoms with Gasteiger partial charge in [0.15, 0.2) is 0 Å². The van der Waals surface area contributed by atoms with Gasteiger partial charge in [-0.1, -0.05) is 28.1 Å². The normalized spacial score (nSPS) is 10.6. The molecule has 0 atom stereocenters. The summed E-state index contributed by atoms with van der Waals surface area (Å²) in [5.74, 6) is 0. The second-order valence-electron chi connectivity index (χ2n) is 3.64. The first-order chi connectivity index (χ1) is 8.34. The highest BCUT2D eigenvalue weighted by atomic mass is 79.9. The van der Waals surface area contributed by atoms with Gasteiger partial charge in [-0.2, -0.15) is 5.10 Å². The minimum absolute atomic E-state index is 0.858. The van der Waals surface area contributed by atoms with Crippen LogP contribution in [0.15, 0.2) is 53.3 Å². The van der Waals surface area contributed by atoms with Crippen molar-refractivity contribution in [1.29, 1.82) is 0 Å². The van der Waals surface area contributed by atoms with Gasteiger partial charge in [0, 0.05) is 21.6 Å². The Kier molecular flexibility index (Phi) is 2.57. The minimum atomic E-state index is 0.858. The molecule has 2 aromatic heterocycles. The summed E-state index contributed by atoms with van der Waals surface area (Å²) in [5, 5.41) is 9.21. The average molecular weight is 286 g/mol. The van der Waals surface area contributed by atoms with Gasteiger partial charge in [-0.3, -0.25) is 4.98 Å². The highest BCUT2D eigenvalue weighted by molar-refractivity contribution is 9.10. The number of pyridine rings is 1. The summed E-state index contributed by atoms with van der Waals surface area (Å²) in [4.78, 5) is 4.28. The van der Waals surface area contributed by atoms with Crippen LogP contribution >= 0.6 is 15.9 Å². The molecule has 0 saturated carbocycles. The smallest absolute Gasteiger partial charge is 0.102 e. The first kappa shape index (κ1) is 10.4. The van der Waals surface area contributed by atoms with Gasteiger partial charge in [0.05, 0.1) is 11.7 Å². The summed E-state index contributed by atoms with van der Waals surface area (Å²) in [6.07, 6.45) is 3.44. The van der Waals surface area contributed by atoms with Gasteiger partial charge in [-0.05, 0) is 24.3 Å². The van der Waals surface area contributed by atoms with E-state index in [1.807, 2.05) is 36.4 Å². The van der Waals surface area contributed by atoms with E-state index in [2.05, 4.69) is 31.1 Å². The Morgan fingerprint density at radius 1 is 1.06 bits per heavy atom. The maximum atomic E-state index is 4.28. The standard InChI is InChI=1S/C13H8BrN3/c14-10-4-1-3-9(7-10)13-11-5-2-6-15-12(11)8-16-17-13/h1-8H. The van der Waals surface area contributed by atoms with Crippen LogP contribution in [0.4, 0.5) is 0 Å². The lowest BCUT2D eigenvalue weighted by Gasteiger charge is -2.04. The molecular weight excluding hydrogens is 278 g/mol. The molecule has 1 aromatic carbocycles. The van der Waals surface area contributed by atoms with Crippen LogP contribution < -0.4 is 0 Å². The number of hydrogen-bond acceptors (Lipinski definition) is 3. The lowest BCUT2D eigenvalue weighted by molar-refractivity contribution is 1.05. The van der Waals surface area contributed by atoms with Crippen LogP contribution in [-0.4, -0.2) is 15.2 Å². The summed E-state index contributed by atoms with van der Waals surface area (Å²) in [6.45, 7) is 0. The van der Waals surface area contributed by atoms with Crippen LogP contribution in [0.5, 0.6) is 0 Å². The quantitative estimate of drug-likeness (QED) is 0.687. The molecule has 0 aliphatic rings. The number of aromatic nitrogens is 3. The van der Waals surface area contributed by atoms with E-state index in [4.69, 9.17) is 0 Å². The Morgan fingerprint density at radius 2 is 2.00 bits per heavy atom. The number of benzene rings is 1. The van der Waals surface area contributed by atoms with Crippen molar-refractivity contribution in [2.24, 2.45) is 0 Å². The third-order valence-corrected chi connectivity index (χ3v) is 3.02. The van der Waals surface area contributed by atoms with E-state index in [0.717, 1.165) is 26.6 Å². The number of rotatable bonds is 1. The number of hydrogen-bond donors (Lipinski definition) is 0. The molecule has 0 radical (unpaired) electrons. The maximum absolute atomic E-state index is 4.28. The van der Waals surface area contributed by atoms with Crippen molar-refractivity contribution in [3.63, 3.8) is 0 Å². The predicted octanol–water partition coefficient (Wildman–Crippen LogP) is 3.45. The van der Waals surface area contributed by atoms with Gasteiger partial charge in [0.25, 0.3) is 0 Å². The summed E-state index contributed by atoms with van der Waals surface area (Å²) >= 11 is 3.46. The topological polar surface area (TPSA) is 38.7 Å². The second-order valence-corrected chi connectivity index (χ2v) is 4.56. The molecule has 3 nitrogen and oxygen atoms in total. The molecule has 0 aliphatic heterocycles. The van der Waals surface area contributed by atoms with Crippen LogP contribution in [0, 0.1) is 0 Å². The molecule has 0 fully saturated rings. The van der Waals surface area contributed by atoms with E-state index in [9.17, 15) is 0 Å². The molecule has 2 heterocycles. The number of halogens is 1. The lowest BCUT2D eigenvalue weighted by Crippen LogP contribution is -1.90. The molecule has 3 aromatic rings. The minimum Gasteiger partial charge on any atom is -0.254 e. The van der Waals surface area contributed by atoms with E-state index < -0.39 is 0 Å². The fourth-order valence-corrected chi connectivity index (χ4v) is 2.16. The van der Waals surface area contributed by atoms with Gasteiger partial charge >= 0.3 is 0 Å². The Bertz CT molecular complexity index is 677. The summed E-state index contributed by atoms with van der Waals surface area (Å²) in [5.41, 5.74) is 2.75. The zero-order chi connectivity index (χ0) is 11.7. The Morgan fingerprint density at radius 3 is 2.88 bits per heavy atom. The zero-order valence-electron chi connectivity index (χ0n) is 8.84. The molecule has 0 spiro atoms. The molecule has 0 bridgehead atoms. The predicted molar refractivity (Wildman–Crippen MR) is 70.5 cm³/mol. The average Bonchev–Trinajstić information content (AvgIpc) is 2.38. The fraction of sp³-hybridized carbons (Fsp3) is 0. The molecule has 0 amide bonds. The van der Waals surface area contributed by atoms with Gasteiger partial charge in [0.1, 0.15) is 5.69 Å². The van der Waals surface area contributed by atoms with Crippen molar-refractivity contribution in [2.45, 2.75) is 0 Å². The van der Waals surface area contributed by atoms with Crippen molar-refractivity contribution < 1.29 is 0 Å². The first-order valence-electron chi connectivity index (χ1n) is 5.17. The van der Waals surface area contributed by atoms with E-state index in [1.54, 1.807) is 12.4 Å². The molecule has 3 rings (SSSR count). The summed E-state index contributed by atoms with van der Waals surface area (Å²) < 4.78 is 1.03. The van der Waals surface area contributed by atoms with E-state index in [1.165, 1.54) is 0 Å². The Balaban J connectivity index is 2.30. The Labute approximate surface area is 107 Å². The molecule has 0 aliphatic carbocycles. The number of nitrogens with zero attached hydrogens (tertiary/aromatic N) is 3. The first-order valence-corrected chi connectivity index (χ1v) is 5.96. The van der Waals surface area contributed by atoms with Crippen LogP contribution in [0.3, 0.4) is 0 Å². The SMILES string of the molecule is Brc1cccc(-c2nncc3ncccc23)c1. The molecule has 0 unspecified atom stereocenters. The van der Waals surface area contributed by atoms with Crippen LogP contribution in [-0.2, 0) is 0 Å². The fourth-order valence-electron chi connectivity index (χ4n) is 1.76. The largest absolute Gasteiger partial charge is 0.254 e. The zero-order valence-corrected chi connectivity index (χ0v) is 10.4. The van der Waals surface area contributed by atoms with Gasteiger partial charge in [-0.25, -0.2) is 0 Å². The van der Waals surface area contributed by atoms with Gasteiger partial charge in [0.2, 0.25) is 0 Å². The van der Waals surface area contributed by atoms with Crippen molar-refractivity contribution in [1.82, 2.24) is 15.2 Å². The molecule has 17 heavy (non-hydrogen) atoms.